The molecule has 2 N–H and O–H groups in total. The summed E-state index contributed by atoms with van der Waals surface area (Å²) in [6.45, 7) is 1.81. The van der Waals surface area contributed by atoms with Crippen LogP contribution in [0.25, 0.3) is 0 Å². The zero-order valence-electron chi connectivity index (χ0n) is 16.6. The van der Waals surface area contributed by atoms with Gasteiger partial charge >= 0.3 is 0 Å². The third-order valence-electron chi connectivity index (χ3n) is 4.68. The van der Waals surface area contributed by atoms with Gasteiger partial charge in [0.05, 0.1) is 15.9 Å². The van der Waals surface area contributed by atoms with Crippen LogP contribution in [0.4, 0.5) is 5.69 Å². The molecule has 0 saturated carbocycles. The predicted molar refractivity (Wildman–Crippen MR) is 116 cm³/mol. The van der Waals surface area contributed by atoms with E-state index >= 15 is 0 Å². The van der Waals surface area contributed by atoms with E-state index in [1.807, 2.05) is 30.3 Å². The van der Waals surface area contributed by atoms with Crippen LogP contribution >= 0.6 is 0 Å². The summed E-state index contributed by atoms with van der Waals surface area (Å²) in [6.07, 6.45) is 0. The van der Waals surface area contributed by atoms with E-state index in [2.05, 4.69) is 10.0 Å². The zero-order valence-corrected chi connectivity index (χ0v) is 17.5. The normalized spacial score (nSPS) is 13.2. The van der Waals surface area contributed by atoms with Gasteiger partial charge < -0.3 is 5.32 Å². The average molecular weight is 439 g/mol. The van der Waals surface area contributed by atoms with Crippen LogP contribution < -0.4 is 10.0 Å². The van der Waals surface area contributed by atoms with Gasteiger partial charge in [-0.05, 0) is 30.2 Å². The first-order valence-electron chi connectivity index (χ1n) is 9.45. The Labute approximate surface area is 180 Å². The largest absolute Gasteiger partial charge is 0.348 e. The number of carbonyl (C=O) groups is 1. The summed E-state index contributed by atoms with van der Waals surface area (Å²) in [5.41, 5.74) is 1.11. The maximum absolute atomic E-state index is 13.1. The predicted octanol–water partition coefficient (Wildman–Crippen LogP) is 3.49. The molecule has 8 nitrogen and oxygen atoms in total. The van der Waals surface area contributed by atoms with Crippen LogP contribution in [-0.4, -0.2) is 19.2 Å². The van der Waals surface area contributed by atoms with Crippen molar-refractivity contribution in [3.8, 4) is 0 Å². The summed E-state index contributed by atoms with van der Waals surface area (Å²) in [5.74, 6) is -0.520. The molecule has 160 valence electrons. The Morgan fingerprint density at radius 3 is 1.90 bits per heavy atom. The van der Waals surface area contributed by atoms with Crippen LogP contribution in [0.15, 0.2) is 89.8 Å². The second-order valence-electron chi connectivity index (χ2n) is 6.86. The molecule has 0 heterocycles. The molecule has 3 aromatic carbocycles. The molecule has 0 bridgehead atoms. The van der Waals surface area contributed by atoms with Crippen LogP contribution in [0.3, 0.4) is 0 Å². The summed E-state index contributed by atoms with van der Waals surface area (Å²) >= 11 is 0. The van der Waals surface area contributed by atoms with Crippen molar-refractivity contribution >= 4 is 21.6 Å². The summed E-state index contributed by atoms with van der Waals surface area (Å²) in [7, 11) is -4.13. The summed E-state index contributed by atoms with van der Waals surface area (Å²) in [5, 5.41) is 13.7. The highest BCUT2D eigenvalue weighted by Crippen LogP contribution is 2.21. The molecule has 3 rings (SSSR count). The minimum absolute atomic E-state index is 0.178. The topological polar surface area (TPSA) is 118 Å². The minimum Gasteiger partial charge on any atom is -0.348 e. The Morgan fingerprint density at radius 2 is 1.39 bits per heavy atom. The number of carbonyl (C=O) groups excluding carboxylic acids is 1. The van der Waals surface area contributed by atoms with E-state index < -0.39 is 26.9 Å². The number of sulfonamides is 1. The van der Waals surface area contributed by atoms with Crippen LogP contribution in [0.2, 0.25) is 0 Å². The average Bonchev–Trinajstić information content (AvgIpc) is 2.78. The highest BCUT2D eigenvalue weighted by molar-refractivity contribution is 7.89. The van der Waals surface area contributed by atoms with Crippen LogP contribution in [0.5, 0.6) is 0 Å². The van der Waals surface area contributed by atoms with Gasteiger partial charge in [0.1, 0.15) is 6.04 Å². The van der Waals surface area contributed by atoms with Crippen molar-refractivity contribution in [2.75, 3.05) is 0 Å². The molecule has 0 fully saturated rings. The van der Waals surface area contributed by atoms with Crippen molar-refractivity contribution < 1.29 is 18.1 Å². The molecule has 0 aliphatic heterocycles. The van der Waals surface area contributed by atoms with E-state index in [0.29, 0.717) is 5.56 Å². The van der Waals surface area contributed by atoms with Crippen molar-refractivity contribution in [1.29, 1.82) is 0 Å². The second kappa shape index (κ2) is 9.50. The first-order chi connectivity index (χ1) is 14.8. The van der Waals surface area contributed by atoms with Gasteiger partial charge in [-0.25, -0.2) is 8.42 Å². The molecule has 31 heavy (non-hydrogen) atoms. The monoisotopic (exact) mass is 439 g/mol. The highest BCUT2D eigenvalue weighted by Gasteiger charge is 2.28. The molecule has 0 aromatic heterocycles. The van der Waals surface area contributed by atoms with Gasteiger partial charge in [0.2, 0.25) is 15.9 Å². The fourth-order valence-electron chi connectivity index (χ4n) is 3.01. The van der Waals surface area contributed by atoms with Gasteiger partial charge in [0.15, 0.2) is 0 Å². The van der Waals surface area contributed by atoms with E-state index in [0.717, 1.165) is 29.8 Å². The highest BCUT2D eigenvalue weighted by atomic mass is 32.2. The molecule has 0 radical (unpaired) electrons. The van der Waals surface area contributed by atoms with Gasteiger partial charge in [-0.2, -0.15) is 4.72 Å². The van der Waals surface area contributed by atoms with Gasteiger partial charge in [-0.3, -0.25) is 14.9 Å². The minimum atomic E-state index is -4.13. The van der Waals surface area contributed by atoms with Crippen molar-refractivity contribution in [3.05, 3.63) is 106 Å². The number of hydrogen-bond donors (Lipinski definition) is 2. The second-order valence-corrected chi connectivity index (χ2v) is 8.57. The fraction of sp³-hybridized carbons (Fsp3) is 0.136. The van der Waals surface area contributed by atoms with Crippen LogP contribution in [0.1, 0.15) is 30.1 Å². The summed E-state index contributed by atoms with van der Waals surface area (Å²) < 4.78 is 28.2. The van der Waals surface area contributed by atoms with Crippen molar-refractivity contribution in [1.82, 2.24) is 10.0 Å². The van der Waals surface area contributed by atoms with Crippen LogP contribution in [0, 0.1) is 10.1 Å². The third-order valence-corrected chi connectivity index (χ3v) is 6.12. The number of non-ortho nitro benzene ring substituents is 1. The number of nitro groups is 1. The maximum atomic E-state index is 13.1. The van der Waals surface area contributed by atoms with E-state index in [9.17, 15) is 23.3 Å². The lowest BCUT2D eigenvalue weighted by molar-refractivity contribution is -0.384. The molecule has 0 aliphatic carbocycles. The number of amides is 1. The van der Waals surface area contributed by atoms with E-state index in [-0.39, 0.29) is 16.6 Å². The number of hydrogen-bond acceptors (Lipinski definition) is 5. The van der Waals surface area contributed by atoms with Crippen LogP contribution in [-0.2, 0) is 14.8 Å². The third kappa shape index (κ3) is 5.53. The lowest BCUT2D eigenvalue weighted by Crippen LogP contribution is -2.41. The number of benzene rings is 3. The number of nitro benzene ring substituents is 1. The van der Waals surface area contributed by atoms with Gasteiger partial charge in [-0.15, -0.1) is 0 Å². The Hall–Kier alpha value is -3.56. The standard InChI is InChI=1S/C22H21N3O5S/c1-16(17-8-4-2-5-9-17)23-22(26)21(18-10-6-3-7-11-18)24-31(29,30)20-14-12-19(13-15-20)25(27)28/h2-16,21,24H,1H3,(H,23,26). The first kappa shape index (κ1) is 22.1. The Balaban J connectivity index is 1.87. The van der Waals surface area contributed by atoms with Crippen molar-refractivity contribution in [2.45, 2.75) is 23.9 Å². The first-order valence-corrected chi connectivity index (χ1v) is 10.9. The van der Waals surface area contributed by atoms with E-state index in [1.54, 1.807) is 37.3 Å². The lowest BCUT2D eigenvalue weighted by Gasteiger charge is -2.22. The Bertz CT molecular complexity index is 1150. The molecular formula is C22H21N3O5S. The molecule has 0 spiro atoms. The zero-order chi connectivity index (χ0) is 22.4. The molecular weight excluding hydrogens is 418 g/mol. The summed E-state index contributed by atoms with van der Waals surface area (Å²) in [4.78, 5) is 23.1. The van der Waals surface area contributed by atoms with E-state index in [1.165, 1.54) is 0 Å². The molecule has 0 aliphatic rings. The molecule has 2 unspecified atom stereocenters. The SMILES string of the molecule is CC(NC(=O)C(NS(=O)(=O)c1ccc([N+](=O)[O-])cc1)c1ccccc1)c1ccccc1. The quantitative estimate of drug-likeness (QED) is 0.411. The van der Waals surface area contributed by atoms with Gasteiger partial charge in [-0.1, -0.05) is 60.7 Å². The Kier molecular flexibility index (Phi) is 6.78. The van der Waals surface area contributed by atoms with Crippen molar-refractivity contribution in [3.63, 3.8) is 0 Å². The maximum Gasteiger partial charge on any atom is 0.269 e. The molecule has 9 heteroatoms. The Morgan fingerprint density at radius 1 is 0.871 bits per heavy atom. The number of nitrogens with zero attached hydrogens (tertiary/aromatic N) is 1. The van der Waals surface area contributed by atoms with E-state index in [4.69, 9.17) is 0 Å². The summed E-state index contributed by atoms with van der Waals surface area (Å²) in [6, 6.07) is 20.7. The van der Waals surface area contributed by atoms with Gasteiger partial charge in [0, 0.05) is 12.1 Å². The fourth-order valence-corrected chi connectivity index (χ4v) is 4.19. The molecule has 1 amide bonds. The van der Waals surface area contributed by atoms with Crippen molar-refractivity contribution in [2.24, 2.45) is 0 Å². The molecule has 3 aromatic rings. The number of rotatable bonds is 8. The number of nitrogens with one attached hydrogen (secondary N) is 2. The molecule has 0 saturated heterocycles. The lowest BCUT2D eigenvalue weighted by atomic mass is 10.1. The molecule has 2 atom stereocenters. The smallest absolute Gasteiger partial charge is 0.269 e. The van der Waals surface area contributed by atoms with Gasteiger partial charge in [0.25, 0.3) is 5.69 Å².